The maximum absolute atomic E-state index is 13.2. The van der Waals surface area contributed by atoms with Crippen molar-refractivity contribution < 1.29 is 13.9 Å². The van der Waals surface area contributed by atoms with E-state index >= 15 is 0 Å². The fourth-order valence-electron chi connectivity index (χ4n) is 3.75. The van der Waals surface area contributed by atoms with E-state index in [1.54, 1.807) is 23.9 Å². The van der Waals surface area contributed by atoms with Crippen LogP contribution in [-0.4, -0.2) is 35.7 Å². The van der Waals surface area contributed by atoms with E-state index in [2.05, 4.69) is 30.4 Å². The number of rotatable bonds is 7. The Hall–Kier alpha value is -4.93. The maximum Gasteiger partial charge on any atom is 0.339 e. The molecular formula is C26H23FN8O2. The van der Waals surface area contributed by atoms with Gasteiger partial charge >= 0.3 is 5.97 Å². The minimum absolute atomic E-state index is 0.0508. The van der Waals surface area contributed by atoms with Gasteiger partial charge in [0.05, 0.1) is 23.7 Å². The number of nitrogens with one attached hydrogen (secondary N) is 1. The molecule has 3 N–H and O–H groups in total. The number of benzene rings is 2. The number of esters is 1. The number of hydrogen-bond donors (Lipinski definition) is 2. The molecule has 0 aliphatic rings. The highest BCUT2D eigenvalue weighted by Crippen LogP contribution is 2.21. The van der Waals surface area contributed by atoms with E-state index in [1.807, 2.05) is 31.2 Å². The number of nitrogens with two attached hydrogens (primary N) is 1. The van der Waals surface area contributed by atoms with Crippen LogP contribution in [0.2, 0.25) is 0 Å². The van der Waals surface area contributed by atoms with Crippen LogP contribution in [0.25, 0.3) is 11.0 Å². The molecule has 0 atom stereocenters. The van der Waals surface area contributed by atoms with Crippen molar-refractivity contribution in [2.75, 3.05) is 11.1 Å². The van der Waals surface area contributed by atoms with E-state index in [4.69, 9.17) is 10.5 Å². The van der Waals surface area contributed by atoms with E-state index in [0.717, 1.165) is 5.56 Å². The van der Waals surface area contributed by atoms with Gasteiger partial charge in [-0.3, -0.25) is 0 Å². The van der Waals surface area contributed by atoms with Crippen LogP contribution in [0.15, 0.2) is 60.8 Å². The van der Waals surface area contributed by atoms with Crippen molar-refractivity contribution in [2.45, 2.75) is 27.0 Å². The second-order valence-corrected chi connectivity index (χ2v) is 8.48. The molecule has 10 nitrogen and oxygen atoms in total. The molecule has 0 saturated carbocycles. The minimum Gasteiger partial charge on any atom is -0.454 e. The third-order valence-corrected chi connectivity index (χ3v) is 5.54. The summed E-state index contributed by atoms with van der Waals surface area (Å²) in [7, 11) is 0. The van der Waals surface area contributed by atoms with E-state index in [9.17, 15) is 9.18 Å². The number of ether oxygens (including phenoxy) is 1. The van der Waals surface area contributed by atoms with E-state index in [-0.39, 0.29) is 30.1 Å². The minimum atomic E-state index is -0.572. The van der Waals surface area contributed by atoms with Gasteiger partial charge in [-0.25, -0.2) is 18.9 Å². The molecule has 11 heteroatoms. The lowest BCUT2D eigenvalue weighted by Gasteiger charge is -2.09. The summed E-state index contributed by atoms with van der Waals surface area (Å²) in [6, 6.07) is 15.5. The summed E-state index contributed by atoms with van der Waals surface area (Å²) in [4.78, 5) is 29.9. The van der Waals surface area contributed by atoms with Gasteiger partial charge in [0.15, 0.2) is 18.1 Å². The Morgan fingerprint density at radius 1 is 1.03 bits per heavy atom. The van der Waals surface area contributed by atoms with Crippen molar-refractivity contribution in [1.82, 2.24) is 29.7 Å². The van der Waals surface area contributed by atoms with Crippen molar-refractivity contribution in [3.63, 3.8) is 0 Å². The molecule has 3 heterocycles. The standard InChI is InChI=1S/C26H23FN8O2/c1-15-3-5-17(6-4-15)13-35-23-21(12-29-35)20(11-16(2)30-23)24(36)37-14-22-32-25(28)34-26(33-22)31-19-9-7-18(27)8-10-19/h3-12H,13-14H2,1-2H3,(H3,28,31,32,33,34). The Labute approximate surface area is 211 Å². The van der Waals surface area contributed by atoms with Crippen LogP contribution in [-0.2, 0) is 17.9 Å². The smallest absolute Gasteiger partial charge is 0.339 e. The molecule has 5 rings (SSSR count). The van der Waals surface area contributed by atoms with Crippen LogP contribution >= 0.6 is 0 Å². The lowest BCUT2D eigenvalue weighted by molar-refractivity contribution is 0.0464. The highest BCUT2D eigenvalue weighted by atomic mass is 19.1. The first-order chi connectivity index (χ1) is 17.8. The Balaban J connectivity index is 1.33. The molecule has 0 aliphatic heterocycles. The summed E-state index contributed by atoms with van der Waals surface area (Å²) in [5.41, 5.74) is 10.2. The van der Waals surface area contributed by atoms with Crippen molar-refractivity contribution in [3.05, 3.63) is 94.8 Å². The number of halogens is 1. The summed E-state index contributed by atoms with van der Waals surface area (Å²) in [5, 5.41) is 7.95. The monoisotopic (exact) mass is 498 g/mol. The molecule has 0 unspecified atom stereocenters. The topological polar surface area (TPSA) is 134 Å². The highest BCUT2D eigenvalue weighted by Gasteiger charge is 2.18. The molecule has 0 fully saturated rings. The van der Waals surface area contributed by atoms with Crippen molar-refractivity contribution in [2.24, 2.45) is 0 Å². The molecule has 2 aromatic carbocycles. The van der Waals surface area contributed by atoms with Gasteiger partial charge in [0.2, 0.25) is 11.9 Å². The third-order valence-electron chi connectivity index (χ3n) is 5.54. The average molecular weight is 499 g/mol. The first kappa shape index (κ1) is 23.8. The van der Waals surface area contributed by atoms with E-state index < -0.39 is 5.97 Å². The predicted molar refractivity (Wildman–Crippen MR) is 136 cm³/mol. The van der Waals surface area contributed by atoms with Gasteiger partial charge < -0.3 is 15.8 Å². The first-order valence-electron chi connectivity index (χ1n) is 11.4. The predicted octanol–water partition coefficient (Wildman–Crippen LogP) is 4.10. The zero-order valence-corrected chi connectivity index (χ0v) is 20.1. The zero-order chi connectivity index (χ0) is 25.9. The van der Waals surface area contributed by atoms with Crippen LogP contribution < -0.4 is 11.1 Å². The quantitative estimate of drug-likeness (QED) is 0.318. The van der Waals surface area contributed by atoms with Crippen LogP contribution in [0.4, 0.5) is 22.0 Å². The molecule has 5 aromatic rings. The molecule has 0 saturated heterocycles. The average Bonchev–Trinajstić information content (AvgIpc) is 3.26. The largest absolute Gasteiger partial charge is 0.454 e. The van der Waals surface area contributed by atoms with Crippen molar-refractivity contribution in [1.29, 1.82) is 0 Å². The number of nitrogen functional groups attached to an aromatic ring is 1. The van der Waals surface area contributed by atoms with Gasteiger partial charge in [-0.05, 0) is 49.7 Å². The van der Waals surface area contributed by atoms with Crippen LogP contribution in [0.1, 0.15) is 33.0 Å². The number of aryl methyl sites for hydroxylation is 2. The zero-order valence-electron chi connectivity index (χ0n) is 20.1. The van der Waals surface area contributed by atoms with Crippen LogP contribution in [0, 0.1) is 19.7 Å². The molecular weight excluding hydrogens is 475 g/mol. The fourth-order valence-corrected chi connectivity index (χ4v) is 3.75. The molecule has 186 valence electrons. The van der Waals surface area contributed by atoms with Gasteiger partial charge in [0.25, 0.3) is 0 Å². The second kappa shape index (κ2) is 9.97. The lowest BCUT2D eigenvalue weighted by Crippen LogP contribution is -2.12. The Morgan fingerprint density at radius 3 is 2.54 bits per heavy atom. The second-order valence-electron chi connectivity index (χ2n) is 8.48. The molecule has 0 amide bonds. The molecule has 37 heavy (non-hydrogen) atoms. The van der Waals surface area contributed by atoms with E-state index in [1.165, 1.54) is 29.8 Å². The molecule has 3 aromatic heterocycles. The number of fused-ring (bicyclic) bond motifs is 1. The van der Waals surface area contributed by atoms with Crippen molar-refractivity contribution in [3.8, 4) is 0 Å². The van der Waals surface area contributed by atoms with Crippen LogP contribution in [0.3, 0.4) is 0 Å². The van der Waals surface area contributed by atoms with Gasteiger partial charge in [0, 0.05) is 11.4 Å². The lowest BCUT2D eigenvalue weighted by atomic mass is 10.1. The number of carbonyl (C=O) groups is 1. The number of carbonyl (C=O) groups excluding carboxylic acids is 1. The van der Waals surface area contributed by atoms with Gasteiger partial charge in [-0.2, -0.15) is 20.1 Å². The first-order valence-corrected chi connectivity index (χ1v) is 11.4. The Bertz CT molecular complexity index is 1580. The third kappa shape index (κ3) is 5.50. The van der Waals surface area contributed by atoms with Crippen molar-refractivity contribution >= 4 is 34.6 Å². The number of nitrogens with zero attached hydrogens (tertiary/aromatic N) is 6. The fraction of sp³-hybridized carbons (Fsp3) is 0.154. The van der Waals surface area contributed by atoms with Gasteiger partial charge in [-0.15, -0.1) is 0 Å². The summed E-state index contributed by atoms with van der Waals surface area (Å²) < 4.78 is 20.4. The molecule has 0 radical (unpaired) electrons. The number of pyridine rings is 1. The SMILES string of the molecule is Cc1ccc(Cn2ncc3c(C(=O)OCc4nc(N)nc(Nc5ccc(F)cc5)n4)cc(C)nc32)cc1. The summed E-state index contributed by atoms with van der Waals surface area (Å²) >= 11 is 0. The highest BCUT2D eigenvalue weighted by molar-refractivity contribution is 6.02. The summed E-state index contributed by atoms with van der Waals surface area (Å²) in [6.45, 7) is 4.12. The Morgan fingerprint density at radius 2 is 1.78 bits per heavy atom. The normalized spacial score (nSPS) is 11.0. The van der Waals surface area contributed by atoms with E-state index in [0.29, 0.717) is 34.5 Å². The molecule has 0 bridgehead atoms. The number of hydrogen-bond acceptors (Lipinski definition) is 9. The summed E-state index contributed by atoms with van der Waals surface area (Å²) in [6.07, 6.45) is 1.61. The maximum atomic E-state index is 13.2. The number of aromatic nitrogens is 6. The van der Waals surface area contributed by atoms with Crippen LogP contribution in [0.5, 0.6) is 0 Å². The Kier molecular flexibility index (Phi) is 6.42. The summed E-state index contributed by atoms with van der Waals surface area (Å²) in [5.74, 6) is -0.690. The van der Waals surface area contributed by atoms with Gasteiger partial charge in [0.1, 0.15) is 5.82 Å². The van der Waals surface area contributed by atoms with Gasteiger partial charge in [-0.1, -0.05) is 29.8 Å². The molecule has 0 aliphatic carbocycles. The molecule has 0 spiro atoms. The number of anilines is 3.